The van der Waals surface area contributed by atoms with Crippen molar-refractivity contribution in [2.75, 3.05) is 6.54 Å². The highest BCUT2D eigenvalue weighted by molar-refractivity contribution is 6.37. The van der Waals surface area contributed by atoms with Gasteiger partial charge in [0.15, 0.2) is 0 Å². The summed E-state index contributed by atoms with van der Waals surface area (Å²) in [4.78, 5) is 66.7. The molecule has 1 aromatic carbocycles. The van der Waals surface area contributed by atoms with Gasteiger partial charge in [-0.25, -0.2) is 4.79 Å². The van der Waals surface area contributed by atoms with Gasteiger partial charge in [-0.05, 0) is 61.1 Å². The zero-order chi connectivity index (χ0) is 33.9. The molecule has 256 valence electrons. The van der Waals surface area contributed by atoms with Crippen LogP contribution >= 0.6 is 0 Å². The van der Waals surface area contributed by atoms with Crippen molar-refractivity contribution in [1.82, 2.24) is 20.9 Å². The number of nitrogens with two attached hydrogens (primary N) is 1. The number of phenols is 1. The number of carbonyl (C=O) groups excluding carboxylic acids is 5. The maximum absolute atomic E-state index is 14.0. The van der Waals surface area contributed by atoms with Crippen LogP contribution in [0.4, 0.5) is 4.79 Å². The molecule has 1 saturated heterocycles. The van der Waals surface area contributed by atoms with Crippen LogP contribution < -0.4 is 21.7 Å². The summed E-state index contributed by atoms with van der Waals surface area (Å²) >= 11 is 0. The van der Waals surface area contributed by atoms with E-state index in [0.717, 1.165) is 56.9 Å². The van der Waals surface area contributed by atoms with Gasteiger partial charge in [0.1, 0.15) is 17.8 Å². The molecule has 0 spiro atoms. The van der Waals surface area contributed by atoms with E-state index in [-0.39, 0.29) is 23.6 Å². The van der Waals surface area contributed by atoms with Crippen molar-refractivity contribution in [2.24, 2.45) is 17.1 Å². The first-order chi connectivity index (χ1) is 21.8. The Balaban J connectivity index is 1.70. The highest BCUT2D eigenvalue weighted by Gasteiger charge is 2.43. The summed E-state index contributed by atoms with van der Waals surface area (Å²) in [6, 6.07) is 3.55. The molecule has 0 radical (unpaired) electrons. The lowest BCUT2D eigenvalue weighted by atomic mass is 9.80. The number of benzene rings is 1. The number of phenolic OH excluding ortho intramolecular Hbond substituents is 1. The maximum atomic E-state index is 14.0. The Labute approximate surface area is 273 Å². The Kier molecular flexibility index (Phi) is 13.9. The van der Waals surface area contributed by atoms with E-state index in [2.05, 4.69) is 22.9 Å². The number of rotatable bonds is 17. The van der Waals surface area contributed by atoms with Crippen LogP contribution in [-0.2, 0) is 25.6 Å². The van der Waals surface area contributed by atoms with Crippen LogP contribution in [0.3, 0.4) is 0 Å². The van der Waals surface area contributed by atoms with Gasteiger partial charge >= 0.3 is 6.03 Å². The van der Waals surface area contributed by atoms with Gasteiger partial charge in [0, 0.05) is 12.6 Å². The van der Waals surface area contributed by atoms with Crippen molar-refractivity contribution in [2.45, 2.75) is 135 Å². The van der Waals surface area contributed by atoms with Crippen molar-refractivity contribution >= 4 is 29.5 Å². The first kappa shape index (κ1) is 36.8. The Bertz CT molecular complexity index is 1210. The maximum Gasteiger partial charge on any atom is 0.315 e. The number of Topliss-reactive ketones (excluding diaryl/α,β-unsaturated/α-hetero) is 1. The molecule has 4 unspecified atom stereocenters. The van der Waals surface area contributed by atoms with E-state index in [1.165, 1.54) is 11.3 Å². The van der Waals surface area contributed by atoms with E-state index < -0.39 is 47.2 Å². The smallest absolute Gasteiger partial charge is 0.315 e. The molecule has 1 aliphatic carbocycles. The molecule has 1 heterocycles. The summed E-state index contributed by atoms with van der Waals surface area (Å²) in [6.45, 7) is 8.08. The zero-order valence-electron chi connectivity index (χ0n) is 28.1. The van der Waals surface area contributed by atoms with Gasteiger partial charge in [-0.3, -0.25) is 19.2 Å². The van der Waals surface area contributed by atoms with Crippen LogP contribution in [0, 0.1) is 11.3 Å². The van der Waals surface area contributed by atoms with Gasteiger partial charge in [0.2, 0.25) is 17.6 Å². The minimum absolute atomic E-state index is 0.166. The number of ketones is 1. The van der Waals surface area contributed by atoms with Crippen LogP contribution in [0.5, 0.6) is 5.75 Å². The second-order valence-corrected chi connectivity index (χ2v) is 14.2. The van der Waals surface area contributed by atoms with Gasteiger partial charge in [-0.2, -0.15) is 0 Å². The van der Waals surface area contributed by atoms with Crippen LogP contribution in [-0.4, -0.2) is 70.3 Å². The van der Waals surface area contributed by atoms with Crippen molar-refractivity contribution in [3.63, 3.8) is 0 Å². The largest absolute Gasteiger partial charge is 0.508 e. The van der Waals surface area contributed by atoms with Gasteiger partial charge in [-0.15, -0.1) is 0 Å². The van der Waals surface area contributed by atoms with Crippen molar-refractivity contribution < 1.29 is 29.1 Å². The van der Waals surface area contributed by atoms with Crippen molar-refractivity contribution in [1.29, 1.82) is 0 Å². The lowest BCUT2D eigenvalue weighted by molar-refractivity contribution is -0.143. The number of aromatic hydroxyl groups is 1. The number of hydrogen-bond acceptors (Lipinski definition) is 6. The number of primary amides is 1. The molecule has 2 aliphatic rings. The third-order valence-corrected chi connectivity index (χ3v) is 9.28. The van der Waals surface area contributed by atoms with Crippen LogP contribution in [0.2, 0.25) is 0 Å². The highest BCUT2D eigenvalue weighted by atomic mass is 16.3. The van der Waals surface area contributed by atoms with Crippen molar-refractivity contribution in [3.8, 4) is 5.75 Å². The molecule has 6 N–H and O–H groups in total. The summed E-state index contributed by atoms with van der Waals surface area (Å²) in [6.07, 6.45) is 11.0. The third kappa shape index (κ3) is 11.0. The molecule has 2 fully saturated rings. The number of hydrogen-bond donors (Lipinski definition) is 5. The second-order valence-electron chi connectivity index (χ2n) is 14.2. The fourth-order valence-corrected chi connectivity index (χ4v) is 6.40. The standard InChI is InChI=1S/C35H55N5O6/c1-5-6-7-8-9-16-25(20-24-15-11-17-26(41)21-24)37-34(46)39-30(35(2,3)4)33(45)40-19-12-18-28(40)32(44)38-27(29(42)31(36)43)22-23-13-10-14-23/h11,15,17,21,23,25,27-28,30,41H,5-10,12-14,16,18-20,22H2,1-4H3,(H2,36,43)(H,38,44)(H2,37,39,46). The summed E-state index contributed by atoms with van der Waals surface area (Å²) in [5.74, 6) is -2.37. The molecule has 46 heavy (non-hydrogen) atoms. The zero-order valence-corrected chi connectivity index (χ0v) is 28.1. The summed E-state index contributed by atoms with van der Waals surface area (Å²) in [5.41, 5.74) is 5.51. The van der Waals surface area contributed by atoms with Gasteiger partial charge in [-0.1, -0.05) is 91.2 Å². The number of urea groups is 1. The molecule has 0 aromatic heterocycles. The molecule has 11 nitrogen and oxygen atoms in total. The normalized spacial score (nSPS) is 18.6. The summed E-state index contributed by atoms with van der Waals surface area (Å²) in [7, 11) is 0. The molecule has 5 amide bonds. The predicted molar refractivity (Wildman–Crippen MR) is 177 cm³/mol. The fraction of sp³-hybridized carbons (Fsp3) is 0.686. The average molecular weight is 642 g/mol. The Hall–Kier alpha value is -3.63. The van der Waals surface area contributed by atoms with Crippen LogP contribution in [0.25, 0.3) is 0 Å². The Morgan fingerprint density at radius 3 is 2.30 bits per heavy atom. The number of unbranched alkanes of at least 4 members (excludes halogenated alkanes) is 4. The molecular weight excluding hydrogens is 586 g/mol. The quantitative estimate of drug-likeness (QED) is 0.127. The number of amides is 5. The predicted octanol–water partition coefficient (Wildman–Crippen LogP) is 4.10. The van der Waals surface area contributed by atoms with Crippen molar-refractivity contribution in [3.05, 3.63) is 29.8 Å². The van der Waals surface area contributed by atoms with Crippen LogP contribution in [0.1, 0.15) is 110 Å². The molecule has 3 rings (SSSR count). The van der Waals surface area contributed by atoms with E-state index in [1.54, 1.807) is 18.2 Å². The second kappa shape index (κ2) is 17.3. The van der Waals surface area contributed by atoms with Crippen LogP contribution in [0.15, 0.2) is 24.3 Å². The molecule has 0 bridgehead atoms. The van der Waals surface area contributed by atoms with Gasteiger partial charge in [0.25, 0.3) is 5.91 Å². The van der Waals surface area contributed by atoms with E-state index in [9.17, 15) is 29.1 Å². The lowest BCUT2D eigenvalue weighted by Crippen LogP contribution is -2.60. The van der Waals surface area contributed by atoms with Gasteiger partial charge < -0.3 is 31.7 Å². The Morgan fingerprint density at radius 2 is 1.70 bits per heavy atom. The molecule has 4 atom stereocenters. The third-order valence-electron chi connectivity index (χ3n) is 9.28. The van der Waals surface area contributed by atoms with E-state index in [1.807, 2.05) is 26.8 Å². The van der Waals surface area contributed by atoms with E-state index in [4.69, 9.17) is 5.73 Å². The molecular formula is C35H55N5O6. The fourth-order valence-electron chi connectivity index (χ4n) is 6.40. The first-order valence-electron chi connectivity index (χ1n) is 17.1. The topological polar surface area (TPSA) is 171 Å². The summed E-state index contributed by atoms with van der Waals surface area (Å²) < 4.78 is 0. The lowest BCUT2D eigenvalue weighted by Gasteiger charge is -2.36. The first-order valence-corrected chi connectivity index (χ1v) is 17.1. The SMILES string of the molecule is CCCCCCCC(Cc1cccc(O)c1)NC(=O)NC(C(=O)N1CCCC1C(=O)NC(CC1CCC1)C(=O)C(N)=O)C(C)(C)C. The molecule has 1 saturated carbocycles. The molecule has 1 aromatic rings. The van der Waals surface area contributed by atoms with Gasteiger partial charge in [0.05, 0.1) is 6.04 Å². The highest BCUT2D eigenvalue weighted by Crippen LogP contribution is 2.31. The average Bonchev–Trinajstić information content (AvgIpc) is 3.46. The Morgan fingerprint density at radius 1 is 0.978 bits per heavy atom. The molecule has 11 heteroatoms. The van der Waals surface area contributed by atoms with E-state index >= 15 is 0 Å². The number of nitrogens with one attached hydrogen (secondary N) is 3. The summed E-state index contributed by atoms with van der Waals surface area (Å²) in [5, 5.41) is 18.7. The monoisotopic (exact) mass is 641 g/mol. The number of likely N-dealkylation sites (tertiary alicyclic amines) is 1. The number of nitrogens with zero attached hydrogens (tertiary/aromatic N) is 1. The van der Waals surface area contributed by atoms with E-state index in [0.29, 0.717) is 32.2 Å². The minimum Gasteiger partial charge on any atom is -0.508 e. The number of carbonyl (C=O) groups is 5. The molecule has 1 aliphatic heterocycles. The minimum atomic E-state index is -1.09.